The summed E-state index contributed by atoms with van der Waals surface area (Å²) >= 11 is 0. The highest BCUT2D eigenvalue weighted by molar-refractivity contribution is 5.99. The minimum Gasteiger partial charge on any atom is -0.451 e. The molecule has 0 spiro atoms. The topological polar surface area (TPSA) is 62.6 Å². The molecule has 0 radical (unpaired) electrons. The number of nitrogens with zero attached hydrogens (tertiary/aromatic N) is 1. The number of fused-ring (bicyclic) bond motifs is 1. The van der Waals surface area contributed by atoms with Crippen LogP contribution in [0.2, 0.25) is 0 Å². The summed E-state index contributed by atoms with van der Waals surface area (Å²) in [5, 5.41) is 3.91. The summed E-state index contributed by atoms with van der Waals surface area (Å²) in [7, 11) is 0. The molecule has 1 aliphatic heterocycles. The van der Waals surface area contributed by atoms with E-state index in [-0.39, 0.29) is 23.3 Å². The summed E-state index contributed by atoms with van der Waals surface area (Å²) in [5.74, 6) is 0.182. The van der Waals surface area contributed by atoms with Gasteiger partial charge in [0.1, 0.15) is 5.58 Å². The van der Waals surface area contributed by atoms with Gasteiger partial charge in [0.15, 0.2) is 5.76 Å². The zero-order valence-electron chi connectivity index (χ0n) is 15.6. The number of rotatable bonds is 3. The first-order valence-corrected chi connectivity index (χ1v) is 8.72. The van der Waals surface area contributed by atoms with Crippen LogP contribution in [-0.2, 0) is 4.79 Å². The van der Waals surface area contributed by atoms with Crippen LogP contribution in [0.15, 0.2) is 22.6 Å². The Bertz CT molecular complexity index is 829. The van der Waals surface area contributed by atoms with E-state index in [9.17, 15) is 9.59 Å². The van der Waals surface area contributed by atoms with Crippen molar-refractivity contribution in [1.82, 2.24) is 10.2 Å². The maximum Gasteiger partial charge on any atom is 0.287 e. The largest absolute Gasteiger partial charge is 0.451 e. The number of carbonyl (C=O) groups excluding carboxylic acids is 2. The van der Waals surface area contributed by atoms with Gasteiger partial charge in [-0.15, -0.1) is 0 Å². The van der Waals surface area contributed by atoms with Gasteiger partial charge < -0.3 is 14.6 Å². The van der Waals surface area contributed by atoms with Crippen molar-refractivity contribution in [2.24, 2.45) is 5.41 Å². The van der Waals surface area contributed by atoms with E-state index in [0.717, 1.165) is 22.1 Å². The van der Waals surface area contributed by atoms with Crippen molar-refractivity contribution >= 4 is 22.8 Å². The van der Waals surface area contributed by atoms with Gasteiger partial charge >= 0.3 is 0 Å². The van der Waals surface area contributed by atoms with Crippen molar-refractivity contribution in [3.05, 3.63) is 35.1 Å². The Hall–Kier alpha value is -2.30. The lowest BCUT2D eigenvalue weighted by Crippen LogP contribution is -2.39. The molecule has 134 valence electrons. The molecule has 1 atom stereocenters. The number of hydrogen-bond donors (Lipinski definition) is 1. The Labute approximate surface area is 148 Å². The molecule has 1 aromatic carbocycles. The standard InChI is InChI=1S/C20H26N2O3/c1-12-6-7-15-13(2)18(25-16(15)8-12)19(24)21-14-9-17(23)22(10-14)11-20(3,4)5/h6-8,14H,9-11H2,1-5H3,(H,21,24). The highest BCUT2D eigenvalue weighted by atomic mass is 16.3. The number of nitrogens with one attached hydrogen (secondary N) is 1. The number of aryl methyl sites for hydroxylation is 2. The van der Waals surface area contributed by atoms with Crippen LogP contribution >= 0.6 is 0 Å². The van der Waals surface area contributed by atoms with E-state index in [0.29, 0.717) is 25.3 Å². The number of carbonyl (C=O) groups is 2. The predicted octanol–water partition coefficient (Wildman–Crippen LogP) is 3.43. The first kappa shape index (κ1) is 17.5. The van der Waals surface area contributed by atoms with E-state index in [2.05, 4.69) is 26.1 Å². The van der Waals surface area contributed by atoms with Crippen LogP contribution < -0.4 is 5.32 Å². The van der Waals surface area contributed by atoms with Gasteiger partial charge in [-0.3, -0.25) is 9.59 Å². The molecule has 0 saturated carbocycles. The van der Waals surface area contributed by atoms with Crippen molar-refractivity contribution in [2.45, 2.75) is 47.1 Å². The third kappa shape index (κ3) is 3.70. The van der Waals surface area contributed by atoms with Crippen LogP contribution in [-0.4, -0.2) is 35.8 Å². The molecule has 2 amide bonds. The van der Waals surface area contributed by atoms with E-state index in [4.69, 9.17) is 4.42 Å². The second-order valence-electron chi connectivity index (χ2n) is 8.27. The van der Waals surface area contributed by atoms with Crippen molar-refractivity contribution in [1.29, 1.82) is 0 Å². The number of hydrogen-bond acceptors (Lipinski definition) is 3. The second kappa shape index (κ2) is 6.21. The van der Waals surface area contributed by atoms with Crippen LogP contribution in [0.25, 0.3) is 11.0 Å². The van der Waals surface area contributed by atoms with Gasteiger partial charge in [0.2, 0.25) is 5.91 Å². The highest BCUT2D eigenvalue weighted by Crippen LogP contribution is 2.26. The molecule has 1 aliphatic rings. The van der Waals surface area contributed by atoms with Gasteiger partial charge in [0.25, 0.3) is 5.91 Å². The van der Waals surface area contributed by atoms with Crippen molar-refractivity contribution < 1.29 is 14.0 Å². The van der Waals surface area contributed by atoms with Gasteiger partial charge in [-0.25, -0.2) is 0 Å². The quantitative estimate of drug-likeness (QED) is 0.929. The molecule has 1 saturated heterocycles. The zero-order chi connectivity index (χ0) is 18.4. The molecule has 2 heterocycles. The summed E-state index contributed by atoms with van der Waals surface area (Å²) in [5.41, 5.74) is 2.69. The van der Waals surface area contributed by atoms with Crippen LogP contribution in [0.5, 0.6) is 0 Å². The van der Waals surface area contributed by atoms with Crippen molar-refractivity contribution in [2.75, 3.05) is 13.1 Å². The predicted molar refractivity (Wildman–Crippen MR) is 97.6 cm³/mol. The summed E-state index contributed by atoms with van der Waals surface area (Å²) in [6.07, 6.45) is 0.347. The van der Waals surface area contributed by atoms with Gasteiger partial charge in [-0.1, -0.05) is 32.9 Å². The number of furan rings is 1. The Kier molecular flexibility index (Phi) is 4.35. The number of amides is 2. The monoisotopic (exact) mass is 342 g/mol. The highest BCUT2D eigenvalue weighted by Gasteiger charge is 2.33. The lowest BCUT2D eigenvalue weighted by Gasteiger charge is -2.26. The summed E-state index contributed by atoms with van der Waals surface area (Å²) in [4.78, 5) is 26.6. The van der Waals surface area contributed by atoms with Crippen LogP contribution in [0.4, 0.5) is 0 Å². The summed E-state index contributed by atoms with van der Waals surface area (Å²) in [6.45, 7) is 11.4. The average Bonchev–Trinajstić information content (AvgIpc) is 2.98. The lowest BCUT2D eigenvalue weighted by molar-refractivity contribution is -0.128. The third-order valence-corrected chi connectivity index (χ3v) is 4.51. The van der Waals surface area contributed by atoms with Gasteiger partial charge in [0.05, 0.1) is 6.04 Å². The maximum atomic E-state index is 12.6. The zero-order valence-corrected chi connectivity index (χ0v) is 15.6. The van der Waals surface area contributed by atoms with Gasteiger partial charge in [-0.05, 0) is 30.9 Å². The molecule has 1 unspecified atom stereocenters. The van der Waals surface area contributed by atoms with Gasteiger partial charge in [0, 0.05) is 30.5 Å². The fraction of sp³-hybridized carbons (Fsp3) is 0.500. The molecule has 0 aliphatic carbocycles. The molecule has 25 heavy (non-hydrogen) atoms. The Balaban J connectivity index is 1.73. The van der Waals surface area contributed by atoms with Crippen LogP contribution in [0.1, 0.15) is 48.9 Å². The molecule has 0 bridgehead atoms. The average molecular weight is 342 g/mol. The smallest absolute Gasteiger partial charge is 0.287 e. The molecular weight excluding hydrogens is 316 g/mol. The van der Waals surface area contributed by atoms with Gasteiger partial charge in [-0.2, -0.15) is 0 Å². The fourth-order valence-corrected chi connectivity index (χ4v) is 3.39. The second-order valence-corrected chi connectivity index (χ2v) is 8.27. The number of likely N-dealkylation sites (tertiary alicyclic amines) is 1. The van der Waals surface area contributed by atoms with E-state index in [1.54, 1.807) is 0 Å². The van der Waals surface area contributed by atoms with E-state index in [1.807, 2.05) is 36.9 Å². The number of benzene rings is 1. The molecule has 2 aromatic rings. The van der Waals surface area contributed by atoms with Crippen LogP contribution in [0, 0.1) is 19.3 Å². The van der Waals surface area contributed by atoms with Crippen molar-refractivity contribution in [3.63, 3.8) is 0 Å². The van der Waals surface area contributed by atoms with Crippen LogP contribution in [0.3, 0.4) is 0 Å². The molecule has 5 nitrogen and oxygen atoms in total. The van der Waals surface area contributed by atoms with E-state index in [1.165, 1.54) is 0 Å². The van der Waals surface area contributed by atoms with E-state index < -0.39 is 0 Å². The maximum absolute atomic E-state index is 12.6. The molecule has 1 aromatic heterocycles. The first-order valence-electron chi connectivity index (χ1n) is 8.72. The Morgan fingerprint density at radius 3 is 2.72 bits per heavy atom. The fourth-order valence-electron chi connectivity index (χ4n) is 3.39. The normalized spacial score (nSPS) is 18.2. The minimum absolute atomic E-state index is 0.0434. The third-order valence-electron chi connectivity index (χ3n) is 4.51. The molecule has 5 heteroatoms. The molecule has 3 rings (SSSR count). The molecule has 1 fully saturated rings. The summed E-state index contributed by atoms with van der Waals surface area (Å²) < 4.78 is 5.78. The minimum atomic E-state index is -0.248. The Morgan fingerprint density at radius 2 is 2.04 bits per heavy atom. The van der Waals surface area contributed by atoms with Crippen molar-refractivity contribution in [3.8, 4) is 0 Å². The molecule has 1 N–H and O–H groups in total. The lowest BCUT2D eigenvalue weighted by atomic mass is 9.96. The van der Waals surface area contributed by atoms with E-state index >= 15 is 0 Å². The Morgan fingerprint density at radius 1 is 1.32 bits per heavy atom. The molecular formula is C20H26N2O3. The summed E-state index contributed by atoms with van der Waals surface area (Å²) in [6, 6.07) is 5.75. The first-order chi connectivity index (χ1) is 11.6. The SMILES string of the molecule is Cc1ccc2c(C)c(C(=O)NC3CC(=O)N(CC(C)(C)C)C3)oc2c1.